The Morgan fingerprint density at radius 2 is 1.75 bits per heavy atom. The van der Waals surface area contributed by atoms with Gasteiger partial charge in [0.1, 0.15) is 40.6 Å². The van der Waals surface area contributed by atoms with Gasteiger partial charge in [0.05, 0.1) is 28.1 Å². The highest BCUT2D eigenvalue weighted by Crippen LogP contribution is 2.48. The van der Waals surface area contributed by atoms with Crippen molar-refractivity contribution in [2.24, 2.45) is 5.92 Å². The number of oxazole rings is 1. The fourth-order valence-corrected chi connectivity index (χ4v) is 9.99. The number of benzene rings is 1. The second-order valence-corrected chi connectivity index (χ2v) is 22.2. The molecule has 4 aliphatic rings. The van der Waals surface area contributed by atoms with Crippen molar-refractivity contribution in [2.75, 3.05) is 6.54 Å². The average Bonchev–Trinajstić information content (AvgIpc) is 3.87. The zero-order valence-corrected chi connectivity index (χ0v) is 39.2. The lowest BCUT2D eigenvalue weighted by Crippen LogP contribution is -2.58. The van der Waals surface area contributed by atoms with Crippen molar-refractivity contribution in [3.63, 3.8) is 0 Å². The first kappa shape index (κ1) is 46.1. The van der Waals surface area contributed by atoms with Gasteiger partial charge in [-0.1, -0.05) is 58.8 Å². The maximum absolute atomic E-state index is 14.8. The van der Waals surface area contributed by atoms with E-state index < -0.39 is 73.8 Å². The van der Waals surface area contributed by atoms with E-state index in [0.29, 0.717) is 49.1 Å². The van der Waals surface area contributed by atoms with Crippen molar-refractivity contribution in [3.05, 3.63) is 41.8 Å². The number of carbonyl (C=O) groups is 4. The minimum absolute atomic E-state index is 0.0225. The summed E-state index contributed by atoms with van der Waals surface area (Å²) < 4.78 is 48.5. The van der Waals surface area contributed by atoms with Crippen LogP contribution >= 0.6 is 0 Å². The molecule has 2 aliphatic heterocycles. The van der Waals surface area contributed by atoms with E-state index in [-0.39, 0.29) is 43.3 Å². The average molecular weight is 892 g/mol. The number of allylic oxidation sites excluding steroid dienone is 1. The molecule has 2 aromatic heterocycles. The van der Waals surface area contributed by atoms with Gasteiger partial charge in [0.2, 0.25) is 27.7 Å². The molecule has 5 atom stereocenters. The number of imidazole rings is 1. The maximum atomic E-state index is 14.8. The zero-order valence-electron chi connectivity index (χ0n) is 38.4. The second kappa shape index (κ2) is 17.2. The van der Waals surface area contributed by atoms with Crippen molar-refractivity contribution in [1.29, 1.82) is 0 Å². The molecule has 0 radical (unpaired) electrons. The molecule has 0 unspecified atom stereocenters. The van der Waals surface area contributed by atoms with Crippen LogP contribution in [0.2, 0.25) is 0 Å². The molecule has 16 nitrogen and oxygen atoms in total. The molecule has 2 saturated carbocycles. The Kier molecular flexibility index (Phi) is 12.6. The molecule has 0 bridgehead atoms. The van der Waals surface area contributed by atoms with Gasteiger partial charge in [0, 0.05) is 24.3 Å². The van der Waals surface area contributed by atoms with Crippen LogP contribution in [0.5, 0.6) is 6.01 Å². The van der Waals surface area contributed by atoms with Crippen molar-refractivity contribution < 1.29 is 41.5 Å². The standard InChI is InChI=1S/C46H65N7O9S/c1-26(2)35-37(27(3)4)61-39(48-35)31-18-16-20-33-36(31)49-42(53(33)28(5)6)60-30-23-34-38(54)50-46(41(56)51-63(58,59)45(10)21-22-45)24-29(46)17-14-12-11-13-15-19-32(40(55)52(34)25-30)47-43(57)62-44(7,8)9/h14,16-18,20,26-30,32,34H,11-13,15,19,21-25H2,1-10H3,(H,47,57)(H,50,54)(H,51,56)/b17-14-/t29-,30-,32+,34+,46-/m1/s1. The molecule has 7 rings (SSSR count). The van der Waals surface area contributed by atoms with Crippen LogP contribution in [0.4, 0.5) is 4.79 Å². The molecule has 0 spiro atoms. The monoisotopic (exact) mass is 891 g/mol. The van der Waals surface area contributed by atoms with Gasteiger partial charge in [-0.15, -0.1) is 0 Å². The molecule has 3 aromatic rings. The summed E-state index contributed by atoms with van der Waals surface area (Å²) in [6, 6.07) is 3.77. The van der Waals surface area contributed by atoms with Crippen molar-refractivity contribution in [1.82, 2.24) is 34.8 Å². The van der Waals surface area contributed by atoms with Crippen molar-refractivity contribution in [2.45, 2.75) is 179 Å². The first-order valence-electron chi connectivity index (χ1n) is 22.6. The van der Waals surface area contributed by atoms with Crippen molar-refractivity contribution in [3.8, 4) is 17.5 Å². The first-order chi connectivity index (χ1) is 29.5. The molecular weight excluding hydrogens is 827 g/mol. The van der Waals surface area contributed by atoms with E-state index >= 15 is 0 Å². The molecular formula is C46H65N7O9S. The van der Waals surface area contributed by atoms with Gasteiger partial charge in [-0.25, -0.2) is 18.2 Å². The third kappa shape index (κ3) is 9.49. The molecule has 2 aliphatic carbocycles. The number of alkyl carbamates (subject to hydrolysis) is 1. The van der Waals surface area contributed by atoms with Gasteiger partial charge >= 0.3 is 6.09 Å². The van der Waals surface area contributed by atoms with Crippen LogP contribution < -0.4 is 20.1 Å². The fraction of sp³-hybridized carbons (Fsp3) is 0.652. The zero-order chi connectivity index (χ0) is 45.8. The number of sulfonamides is 1. The number of amides is 4. The molecule has 3 N–H and O–H groups in total. The molecule has 4 amide bonds. The van der Waals surface area contributed by atoms with Gasteiger partial charge in [-0.2, -0.15) is 4.98 Å². The third-order valence-corrected chi connectivity index (χ3v) is 14.8. The number of hydrogen-bond acceptors (Lipinski definition) is 11. The topological polar surface area (TPSA) is 204 Å². The Bertz CT molecular complexity index is 2360. The third-order valence-electron chi connectivity index (χ3n) is 12.6. The van der Waals surface area contributed by atoms with Crippen LogP contribution in [0.3, 0.4) is 0 Å². The Morgan fingerprint density at radius 3 is 2.38 bits per heavy atom. The number of para-hydroxylation sites is 1. The van der Waals surface area contributed by atoms with Gasteiger partial charge in [-0.3, -0.25) is 23.7 Å². The Balaban J connectivity index is 1.24. The maximum Gasteiger partial charge on any atom is 0.408 e. The van der Waals surface area contributed by atoms with E-state index in [2.05, 4.69) is 43.1 Å². The van der Waals surface area contributed by atoms with E-state index in [1.165, 1.54) is 4.90 Å². The van der Waals surface area contributed by atoms with Crippen LogP contribution in [0.1, 0.15) is 156 Å². The summed E-state index contributed by atoms with van der Waals surface area (Å²) in [5.41, 5.74) is 0.626. The van der Waals surface area contributed by atoms with Crippen LogP contribution in [0, 0.1) is 5.92 Å². The quantitative estimate of drug-likeness (QED) is 0.174. The number of nitrogens with one attached hydrogen (secondary N) is 3. The summed E-state index contributed by atoms with van der Waals surface area (Å²) in [6.07, 6.45) is 6.52. The second-order valence-electron chi connectivity index (χ2n) is 20.0. The molecule has 63 heavy (non-hydrogen) atoms. The Morgan fingerprint density at radius 1 is 1.02 bits per heavy atom. The summed E-state index contributed by atoms with van der Waals surface area (Å²) in [6.45, 7) is 19.1. The van der Waals surface area contributed by atoms with E-state index in [0.717, 1.165) is 29.8 Å². The van der Waals surface area contributed by atoms with Crippen LogP contribution in [0.15, 0.2) is 34.8 Å². The molecule has 1 saturated heterocycles. The number of ether oxygens (including phenoxy) is 2. The summed E-state index contributed by atoms with van der Waals surface area (Å²) >= 11 is 0. The predicted molar refractivity (Wildman–Crippen MR) is 237 cm³/mol. The number of hydrogen-bond donors (Lipinski definition) is 3. The summed E-state index contributed by atoms with van der Waals surface area (Å²) in [4.78, 5) is 68.0. The van der Waals surface area contributed by atoms with E-state index in [1.807, 2.05) is 48.8 Å². The highest BCUT2D eigenvalue weighted by atomic mass is 32.2. The smallest absolute Gasteiger partial charge is 0.408 e. The van der Waals surface area contributed by atoms with E-state index in [4.69, 9.17) is 23.9 Å². The largest absolute Gasteiger partial charge is 0.459 e. The Labute approximate surface area is 370 Å². The Hall–Kier alpha value is -4.93. The molecule has 17 heteroatoms. The SMILES string of the molecule is CC(C)c1nc(-c2cccc3c2nc(O[C@@H]2C[C@H]4C(=O)N[C@]5(C(=O)NS(=O)(=O)C6(C)CC6)C[C@H]5/C=C\CCCCC[C@H](NC(=O)OC(C)(C)C)C(=O)N4C2)n3C(C)C)oc1C(C)C. The van der Waals surface area contributed by atoms with Crippen LogP contribution in [0.25, 0.3) is 22.5 Å². The van der Waals surface area contributed by atoms with Gasteiger partial charge in [-0.05, 0) is 98.1 Å². The minimum atomic E-state index is -4.01. The van der Waals surface area contributed by atoms with E-state index in [1.54, 1.807) is 27.7 Å². The minimum Gasteiger partial charge on any atom is -0.459 e. The number of carbonyl (C=O) groups excluding carboxylic acids is 4. The fourth-order valence-electron chi connectivity index (χ4n) is 8.68. The summed E-state index contributed by atoms with van der Waals surface area (Å²) in [5.74, 6) is -0.849. The lowest BCUT2D eigenvalue weighted by atomic mass is 10.0. The lowest BCUT2D eigenvalue weighted by Gasteiger charge is -2.30. The number of nitrogens with zero attached hydrogens (tertiary/aromatic N) is 4. The molecule has 4 heterocycles. The van der Waals surface area contributed by atoms with Gasteiger partial charge < -0.3 is 29.4 Å². The van der Waals surface area contributed by atoms with Gasteiger partial charge in [0.25, 0.3) is 11.9 Å². The highest BCUT2D eigenvalue weighted by Gasteiger charge is 2.63. The summed E-state index contributed by atoms with van der Waals surface area (Å²) in [7, 11) is -4.01. The highest BCUT2D eigenvalue weighted by molar-refractivity contribution is 7.91. The molecule has 1 aromatic carbocycles. The van der Waals surface area contributed by atoms with Gasteiger partial charge in [0.15, 0.2) is 0 Å². The first-order valence-corrected chi connectivity index (χ1v) is 24.1. The lowest BCUT2D eigenvalue weighted by molar-refractivity contribution is -0.141. The number of aromatic nitrogens is 3. The molecule has 3 fully saturated rings. The molecule has 344 valence electrons. The summed E-state index contributed by atoms with van der Waals surface area (Å²) in [5, 5.41) is 5.71. The van der Waals surface area contributed by atoms with Crippen LogP contribution in [-0.4, -0.2) is 92.3 Å². The van der Waals surface area contributed by atoms with Crippen LogP contribution in [-0.2, 0) is 29.1 Å². The van der Waals surface area contributed by atoms with E-state index in [9.17, 15) is 27.6 Å². The number of rotatable bonds is 10. The van der Waals surface area contributed by atoms with Crippen molar-refractivity contribution >= 4 is 44.9 Å². The predicted octanol–water partition coefficient (Wildman–Crippen LogP) is 7.15. The normalized spacial score (nSPS) is 25.8. The number of fused-ring (bicyclic) bond motifs is 3.